The molecular weight excluding hydrogens is 280 g/mol. The van der Waals surface area contributed by atoms with Gasteiger partial charge in [0, 0.05) is 19.6 Å². The fourth-order valence-electron chi connectivity index (χ4n) is 3.07. The summed E-state index contributed by atoms with van der Waals surface area (Å²) < 4.78 is 5.39. The highest BCUT2D eigenvalue weighted by atomic mass is 16.5. The van der Waals surface area contributed by atoms with E-state index in [2.05, 4.69) is 16.8 Å². The van der Waals surface area contributed by atoms with Gasteiger partial charge in [-0.1, -0.05) is 0 Å². The highest BCUT2D eigenvalue weighted by molar-refractivity contribution is 5.88. The number of fused-ring (bicyclic) bond motifs is 1. The topological polar surface area (TPSA) is 62.4 Å². The molecule has 0 spiro atoms. The quantitative estimate of drug-likeness (QED) is 0.878. The van der Waals surface area contributed by atoms with E-state index >= 15 is 0 Å². The Morgan fingerprint density at radius 1 is 1.27 bits per heavy atom. The molecule has 0 saturated carbocycles. The Kier molecular flexibility index (Phi) is 4.09. The molecule has 0 bridgehead atoms. The minimum atomic E-state index is -0.327. The van der Waals surface area contributed by atoms with Gasteiger partial charge in [0.05, 0.1) is 24.3 Å². The molecule has 1 aliphatic rings. The Morgan fingerprint density at radius 3 is 2.68 bits per heavy atom. The van der Waals surface area contributed by atoms with Gasteiger partial charge in [-0.15, -0.1) is 0 Å². The van der Waals surface area contributed by atoms with E-state index in [-0.39, 0.29) is 11.1 Å². The predicted octanol–water partition coefficient (Wildman–Crippen LogP) is 1.79. The van der Waals surface area contributed by atoms with Gasteiger partial charge in [-0.3, -0.25) is 14.5 Å². The second kappa shape index (κ2) is 6.02. The standard InChI is InChI=1S/C17H20N2O3/c1-11-7-13-8-14(10-20)17(21)18-16(13)12(2)15(11)9-19-3-5-22-6-4-19/h7-8,10H,3-6,9H2,1-2H3,(H,18,21). The first-order chi connectivity index (χ1) is 10.6. The number of H-pyrrole nitrogens is 1. The van der Waals surface area contributed by atoms with Crippen LogP contribution in [-0.4, -0.2) is 42.5 Å². The van der Waals surface area contributed by atoms with E-state index in [0.717, 1.165) is 49.3 Å². The Balaban J connectivity index is 2.07. The highest BCUT2D eigenvalue weighted by Crippen LogP contribution is 2.25. The number of hydrogen-bond donors (Lipinski definition) is 1. The van der Waals surface area contributed by atoms with E-state index in [1.54, 1.807) is 6.07 Å². The third kappa shape index (κ3) is 2.69. The van der Waals surface area contributed by atoms with Crippen LogP contribution in [0.25, 0.3) is 10.9 Å². The van der Waals surface area contributed by atoms with Gasteiger partial charge >= 0.3 is 0 Å². The zero-order chi connectivity index (χ0) is 15.7. The molecule has 2 heterocycles. The van der Waals surface area contributed by atoms with Gasteiger partial charge in [-0.25, -0.2) is 0 Å². The van der Waals surface area contributed by atoms with Gasteiger partial charge in [0.15, 0.2) is 6.29 Å². The first-order valence-corrected chi connectivity index (χ1v) is 7.51. The van der Waals surface area contributed by atoms with E-state index in [1.807, 2.05) is 13.0 Å². The number of carbonyl (C=O) groups excluding carboxylic acids is 1. The van der Waals surface area contributed by atoms with Crippen molar-refractivity contribution in [1.82, 2.24) is 9.88 Å². The summed E-state index contributed by atoms with van der Waals surface area (Å²) in [6, 6.07) is 3.71. The molecule has 2 aromatic rings. The lowest BCUT2D eigenvalue weighted by atomic mass is 9.97. The van der Waals surface area contributed by atoms with Gasteiger partial charge in [-0.05, 0) is 48.1 Å². The summed E-state index contributed by atoms with van der Waals surface area (Å²) in [6.07, 6.45) is 0.602. The fraction of sp³-hybridized carbons (Fsp3) is 0.412. The molecule has 22 heavy (non-hydrogen) atoms. The SMILES string of the molecule is Cc1cc2cc(C=O)c(=O)[nH]c2c(C)c1CN1CCOCC1. The number of benzene rings is 1. The third-order valence-corrected chi connectivity index (χ3v) is 4.39. The van der Waals surface area contributed by atoms with Crippen molar-refractivity contribution in [3.8, 4) is 0 Å². The average Bonchev–Trinajstić information content (AvgIpc) is 2.53. The van der Waals surface area contributed by atoms with Crippen molar-refractivity contribution in [2.45, 2.75) is 20.4 Å². The number of aldehydes is 1. The number of aryl methyl sites for hydroxylation is 2. The summed E-state index contributed by atoms with van der Waals surface area (Å²) >= 11 is 0. The molecule has 0 aliphatic carbocycles. The van der Waals surface area contributed by atoms with Crippen LogP contribution in [0, 0.1) is 13.8 Å². The molecule has 0 unspecified atom stereocenters. The zero-order valence-corrected chi connectivity index (χ0v) is 12.9. The number of pyridine rings is 1. The number of ether oxygens (including phenoxy) is 1. The number of morpholine rings is 1. The molecule has 3 rings (SSSR count). The summed E-state index contributed by atoms with van der Waals surface area (Å²) in [5.74, 6) is 0. The van der Waals surface area contributed by atoms with Crippen molar-refractivity contribution in [2.75, 3.05) is 26.3 Å². The maximum atomic E-state index is 11.9. The Bertz CT molecular complexity index is 774. The number of aromatic amines is 1. The molecule has 5 heteroatoms. The Labute approximate surface area is 128 Å². The first-order valence-electron chi connectivity index (χ1n) is 7.51. The summed E-state index contributed by atoms with van der Waals surface area (Å²) in [5, 5.41) is 0.905. The van der Waals surface area contributed by atoms with Crippen LogP contribution in [0.1, 0.15) is 27.0 Å². The molecule has 0 amide bonds. The van der Waals surface area contributed by atoms with Crippen LogP contribution < -0.4 is 5.56 Å². The largest absolute Gasteiger partial charge is 0.379 e. The molecule has 0 radical (unpaired) electrons. The molecule has 1 aromatic heterocycles. The van der Waals surface area contributed by atoms with E-state index in [0.29, 0.717) is 6.29 Å². The molecule has 1 saturated heterocycles. The molecule has 1 N–H and O–H groups in total. The predicted molar refractivity (Wildman–Crippen MR) is 85.5 cm³/mol. The van der Waals surface area contributed by atoms with Crippen molar-refractivity contribution in [1.29, 1.82) is 0 Å². The molecular formula is C17H20N2O3. The van der Waals surface area contributed by atoms with Crippen LogP contribution in [0.15, 0.2) is 16.9 Å². The van der Waals surface area contributed by atoms with Crippen LogP contribution in [-0.2, 0) is 11.3 Å². The van der Waals surface area contributed by atoms with E-state index in [9.17, 15) is 9.59 Å². The number of rotatable bonds is 3. The van der Waals surface area contributed by atoms with Crippen LogP contribution in [0.2, 0.25) is 0 Å². The second-order valence-corrected chi connectivity index (χ2v) is 5.82. The maximum Gasteiger partial charge on any atom is 0.259 e. The summed E-state index contributed by atoms with van der Waals surface area (Å²) in [5.41, 5.74) is 4.17. The third-order valence-electron chi connectivity index (χ3n) is 4.39. The number of nitrogens with zero attached hydrogens (tertiary/aromatic N) is 1. The number of aromatic nitrogens is 1. The van der Waals surface area contributed by atoms with Crippen LogP contribution in [0.5, 0.6) is 0 Å². The molecule has 1 aromatic carbocycles. The van der Waals surface area contributed by atoms with Crippen molar-refractivity contribution >= 4 is 17.2 Å². The van der Waals surface area contributed by atoms with Gasteiger partial charge in [0.25, 0.3) is 5.56 Å². The summed E-state index contributed by atoms with van der Waals surface area (Å²) in [6.45, 7) is 8.36. The lowest BCUT2D eigenvalue weighted by Gasteiger charge is -2.28. The number of nitrogens with one attached hydrogen (secondary N) is 1. The second-order valence-electron chi connectivity index (χ2n) is 5.82. The van der Waals surface area contributed by atoms with Crippen molar-refractivity contribution in [3.63, 3.8) is 0 Å². The number of hydrogen-bond acceptors (Lipinski definition) is 4. The van der Waals surface area contributed by atoms with Gasteiger partial charge in [0.2, 0.25) is 0 Å². The van der Waals surface area contributed by atoms with Crippen LogP contribution in [0.3, 0.4) is 0 Å². The number of carbonyl (C=O) groups is 1. The molecule has 5 nitrogen and oxygen atoms in total. The highest BCUT2D eigenvalue weighted by Gasteiger charge is 2.16. The van der Waals surface area contributed by atoms with Crippen LogP contribution >= 0.6 is 0 Å². The van der Waals surface area contributed by atoms with E-state index in [1.165, 1.54) is 11.1 Å². The van der Waals surface area contributed by atoms with Crippen molar-refractivity contribution < 1.29 is 9.53 Å². The minimum Gasteiger partial charge on any atom is -0.379 e. The lowest BCUT2D eigenvalue weighted by Crippen LogP contribution is -2.36. The average molecular weight is 300 g/mol. The van der Waals surface area contributed by atoms with E-state index < -0.39 is 0 Å². The van der Waals surface area contributed by atoms with Crippen LogP contribution in [0.4, 0.5) is 0 Å². The normalized spacial score (nSPS) is 16.1. The Morgan fingerprint density at radius 2 is 2.00 bits per heavy atom. The lowest BCUT2D eigenvalue weighted by molar-refractivity contribution is 0.0340. The minimum absolute atomic E-state index is 0.173. The smallest absolute Gasteiger partial charge is 0.259 e. The fourth-order valence-corrected chi connectivity index (χ4v) is 3.07. The molecule has 1 aliphatic heterocycles. The monoisotopic (exact) mass is 300 g/mol. The Hall–Kier alpha value is -1.98. The zero-order valence-electron chi connectivity index (χ0n) is 12.9. The van der Waals surface area contributed by atoms with E-state index in [4.69, 9.17) is 4.74 Å². The summed E-state index contributed by atoms with van der Waals surface area (Å²) in [4.78, 5) is 28.0. The van der Waals surface area contributed by atoms with Gasteiger partial charge in [-0.2, -0.15) is 0 Å². The first kappa shape index (κ1) is 14.9. The molecule has 1 fully saturated rings. The maximum absolute atomic E-state index is 11.9. The van der Waals surface area contributed by atoms with Gasteiger partial charge < -0.3 is 9.72 Å². The van der Waals surface area contributed by atoms with Gasteiger partial charge in [0.1, 0.15) is 0 Å². The molecule has 0 atom stereocenters. The van der Waals surface area contributed by atoms with Crippen molar-refractivity contribution in [3.05, 3.63) is 44.7 Å². The van der Waals surface area contributed by atoms with Crippen molar-refractivity contribution in [2.24, 2.45) is 0 Å². The molecule has 116 valence electrons. The summed E-state index contributed by atoms with van der Waals surface area (Å²) in [7, 11) is 0.